The molecule has 0 saturated heterocycles. The largest absolute Gasteiger partial charge is 0.280 e. The van der Waals surface area contributed by atoms with Crippen molar-refractivity contribution < 1.29 is 8.78 Å². The first-order valence-electron chi connectivity index (χ1n) is 4.02. The fourth-order valence-corrected chi connectivity index (χ4v) is 1.74. The molecule has 4 heteroatoms. The van der Waals surface area contributed by atoms with Gasteiger partial charge in [0, 0.05) is 9.86 Å². The Kier molecular flexibility index (Phi) is 2.46. The van der Waals surface area contributed by atoms with E-state index < -0.39 is 6.43 Å². The second-order valence-corrected chi connectivity index (χ2v) is 3.70. The molecular formula is C10H6BrF2N. The number of hydrogen-bond acceptors (Lipinski definition) is 1. The molecule has 1 heterocycles. The van der Waals surface area contributed by atoms with Gasteiger partial charge >= 0.3 is 0 Å². The van der Waals surface area contributed by atoms with Gasteiger partial charge in [-0.25, -0.2) is 13.8 Å². The minimum Gasteiger partial charge on any atom is -0.247 e. The monoisotopic (exact) mass is 257 g/mol. The van der Waals surface area contributed by atoms with E-state index in [4.69, 9.17) is 0 Å². The van der Waals surface area contributed by atoms with E-state index in [2.05, 4.69) is 20.9 Å². The number of benzene rings is 1. The summed E-state index contributed by atoms with van der Waals surface area (Å²) in [5, 5.41) is 0.844. The molecule has 0 aliphatic rings. The molecule has 14 heavy (non-hydrogen) atoms. The molecule has 2 rings (SSSR count). The molecule has 72 valence electrons. The summed E-state index contributed by atoms with van der Waals surface area (Å²) in [5.74, 6) is 0. The van der Waals surface area contributed by atoms with Gasteiger partial charge in [-0.15, -0.1) is 0 Å². The Morgan fingerprint density at radius 3 is 2.64 bits per heavy atom. The molecule has 0 atom stereocenters. The molecule has 2 aromatic rings. The zero-order chi connectivity index (χ0) is 10.1. The Balaban J connectivity index is 2.67. The van der Waals surface area contributed by atoms with Gasteiger partial charge in [0.1, 0.15) is 5.69 Å². The van der Waals surface area contributed by atoms with Crippen LogP contribution < -0.4 is 0 Å². The van der Waals surface area contributed by atoms with Crippen LogP contribution in [0.2, 0.25) is 0 Å². The summed E-state index contributed by atoms with van der Waals surface area (Å²) in [5.41, 5.74) is 0.396. The maximum atomic E-state index is 12.3. The van der Waals surface area contributed by atoms with Crippen LogP contribution in [0, 0.1) is 0 Å². The molecule has 0 spiro atoms. The second kappa shape index (κ2) is 3.61. The molecule has 0 aliphatic heterocycles. The number of pyridine rings is 1. The van der Waals surface area contributed by atoms with Gasteiger partial charge < -0.3 is 0 Å². The Hall–Kier alpha value is -1.03. The van der Waals surface area contributed by atoms with Gasteiger partial charge in [-0.1, -0.05) is 22.0 Å². The lowest BCUT2D eigenvalue weighted by Gasteiger charge is -2.02. The quantitative estimate of drug-likeness (QED) is 0.755. The van der Waals surface area contributed by atoms with Crippen molar-refractivity contribution in [3.63, 3.8) is 0 Å². The molecular weight excluding hydrogens is 252 g/mol. The lowest BCUT2D eigenvalue weighted by atomic mass is 10.2. The number of hydrogen-bond donors (Lipinski definition) is 0. The first-order valence-corrected chi connectivity index (χ1v) is 4.81. The third-order valence-electron chi connectivity index (χ3n) is 1.92. The standard InChI is InChI=1S/C10H6BrF2N/c11-7-2-1-3-8-6(7)4-5-9(14-8)10(12)13/h1-5,10H. The van der Waals surface area contributed by atoms with Crippen molar-refractivity contribution in [1.82, 2.24) is 4.98 Å². The number of nitrogens with zero attached hydrogens (tertiary/aromatic N) is 1. The van der Waals surface area contributed by atoms with Gasteiger partial charge in [0.15, 0.2) is 0 Å². The second-order valence-electron chi connectivity index (χ2n) is 2.84. The predicted molar refractivity (Wildman–Crippen MR) is 54.4 cm³/mol. The maximum absolute atomic E-state index is 12.3. The Bertz CT molecular complexity index is 471. The van der Waals surface area contributed by atoms with E-state index in [-0.39, 0.29) is 5.69 Å². The van der Waals surface area contributed by atoms with E-state index in [1.165, 1.54) is 6.07 Å². The predicted octanol–water partition coefficient (Wildman–Crippen LogP) is 3.93. The van der Waals surface area contributed by atoms with Gasteiger partial charge in [-0.2, -0.15) is 0 Å². The van der Waals surface area contributed by atoms with Crippen LogP contribution in [0.1, 0.15) is 12.1 Å². The number of aromatic nitrogens is 1. The summed E-state index contributed by atoms with van der Waals surface area (Å²) in [7, 11) is 0. The van der Waals surface area contributed by atoms with Crippen LogP contribution in [0.4, 0.5) is 8.78 Å². The van der Waals surface area contributed by atoms with E-state index in [0.29, 0.717) is 5.52 Å². The highest BCUT2D eigenvalue weighted by Crippen LogP contribution is 2.25. The van der Waals surface area contributed by atoms with Crippen LogP contribution in [0.15, 0.2) is 34.8 Å². The lowest BCUT2D eigenvalue weighted by Crippen LogP contribution is -1.90. The maximum Gasteiger partial charge on any atom is 0.280 e. The molecule has 1 aromatic heterocycles. The minimum atomic E-state index is -2.52. The normalized spacial score (nSPS) is 11.1. The minimum absolute atomic E-state index is 0.185. The van der Waals surface area contributed by atoms with Crippen molar-refractivity contribution in [1.29, 1.82) is 0 Å². The van der Waals surface area contributed by atoms with Crippen LogP contribution in [0.3, 0.4) is 0 Å². The summed E-state index contributed by atoms with van der Waals surface area (Å²) in [4.78, 5) is 3.86. The van der Waals surface area contributed by atoms with Crippen LogP contribution in [0.25, 0.3) is 10.9 Å². The zero-order valence-electron chi connectivity index (χ0n) is 7.05. The summed E-state index contributed by atoms with van der Waals surface area (Å²) in [6, 6.07) is 8.33. The number of halogens is 3. The van der Waals surface area contributed by atoms with Crippen molar-refractivity contribution in [3.8, 4) is 0 Å². The summed E-state index contributed by atoms with van der Waals surface area (Å²) in [6.45, 7) is 0. The fourth-order valence-electron chi connectivity index (χ4n) is 1.25. The molecule has 0 amide bonds. The van der Waals surface area contributed by atoms with E-state index >= 15 is 0 Å². The zero-order valence-corrected chi connectivity index (χ0v) is 8.63. The highest BCUT2D eigenvalue weighted by atomic mass is 79.9. The van der Waals surface area contributed by atoms with E-state index in [1.54, 1.807) is 18.2 Å². The van der Waals surface area contributed by atoms with Crippen molar-refractivity contribution in [2.75, 3.05) is 0 Å². The topological polar surface area (TPSA) is 12.9 Å². The first-order chi connectivity index (χ1) is 6.68. The van der Waals surface area contributed by atoms with Crippen LogP contribution in [0.5, 0.6) is 0 Å². The van der Waals surface area contributed by atoms with E-state index in [0.717, 1.165) is 9.86 Å². The highest BCUT2D eigenvalue weighted by molar-refractivity contribution is 9.10. The summed E-state index contributed by atoms with van der Waals surface area (Å²) >= 11 is 3.33. The first kappa shape index (κ1) is 9.52. The number of fused-ring (bicyclic) bond motifs is 1. The van der Waals surface area contributed by atoms with Gasteiger partial charge in [0.2, 0.25) is 0 Å². The van der Waals surface area contributed by atoms with E-state index in [9.17, 15) is 8.78 Å². The average Bonchev–Trinajstić information content (AvgIpc) is 2.17. The Morgan fingerprint density at radius 1 is 1.14 bits per heavy atom. The summed E-state index contributed by atoms with van der Waals surface area (Å²) < 4.78 is 25.5. The summed E-state index contributed by atoms with van der Waals surface area (Å²) in [6.07, 6.45) is -2.52. The third kappa shape index (κ3) is 1.62. The number of alkyl halides is 2. The van der Waals surface area contributed by atoms with E-state index in [1.807, 2.05) is 6.07 Å². The van der Waals surface area contributed by atoms with Crippen LogP contribution in [-0.2, 0) is 0 Å². The molecule has 0 bridgehead atoms. The molecule has 1 aromatic carbocycles. The molecule has 0 aliphatic carbocycles. The molecule has 0 radical (unpaired) electrons. The molecule has 0 fully saturated rings. The van der Waals surface area contributed by atoms with Crippen molar-refractivity contribution >= 4 is 26.8 Å². The van der Waals surface area contributed by atoms with Crippen molar-refractivity contribution in [2.24, 2.45) is 0 Å². The lowest BCUT2D eigenvalue weighted by molar-refractivity contribution is 0.146. The average molecular weight is 258 g/mol. The third-order valence-corrected chi connectivity index (χ3v) is 2.62. The number of rotatable bonds is 1. The Labute approximate surface area is 87.9 Å². The van der Waals surface area contributed by atoms with Crippen molar-refractivity contribution in [3.05, 3.63) is 40.5 Å². The van der Waals surface area contributed by atoms with Gasteiger partial charge in [-0.05, 0) is 24.3 Å². The Morgan fingerprint density at radius 2 is 1.93 bits per heavy atom. The molecule has 1 nitrogen and oxygen atoms in total. The fraction of sp³-hybridized carbons (Fsp3) is 0.100. The highest BCUT2D eigenvalue weighted by Gasteiger charge is 2.09. The smallest absolute Gasteiger partial charge is 0.247 e. The molecule has 0 saturated carbocycles. The van der Waals surface area contributed by atoms with Crippen LogP contribution >= 0.6 is 15.9 Å². The van der Waals surface area contributed by atoms with Crippen LogP contribution in [-0.4, -0.2) is 4.98 Å². The van der Waals surface area contributed by atoms with Gasteiger partial charge in [-0.3, -0.25) is 0 Å². The SMILES string of the molecule is FC(F)c1ccc2c(Br)cccc2n1. The van der Waals surface area contributed by atoms with Gasteiger partial charge in [0.25, 0.3) is 6.43 Å². The molecule has 0 N–H and O–H groups in total. The van der Waals surface area contributed by atoms with Crippen molar-refractivity contribution in [2.45, 2.75) is 6.43 Å². The molecule has 0 unspecified atom stereocenters. The van der Waals surface area contributed by atoms with Gasteiger partial charge in [0.05, 0.1) is 5.52 Å².